The van der Waals surface area contributed by atoms with Gasteiger partial charge in [-0.2, -0.15) is 0 Å². The van der Waals surface area contributed by atoms with Crippen molar-refractivity contribution < 1.29 is 4.79 Å². The number of hydrazine groups is 1. The van der Waals surface area contributed by atoms with Crippen molar-refractivity contribution in [2.24, 2.45) is 5.84 Å². The Hall–Kier alpha value is -2.41. The fourth-order valence-corrected chi connectivity index (χ4v) is 1.69. The predicted molar refractivity (Wildman–Crippen MR) is 65.8 cm³/mol. The van der Waals surface area contributed by atoms with Gasteiger partial charge in [0.15, 0.2) is 0 Å². The van der Waals surface area contributed by atoms with Gasteiger partial charge < -0.3 is 0 Å². The summed E-state index contributed by atoms with van der Waals surface area (Å²) in [6.07, 6.45) is 0.0185. The van der Waals surface area contributed by atoms with Crippen LogP contribution in [0.4, 0.5) is 0 Å². The number of hydrogen-bond acceptors (Lipinski definition) is 4. The third-order valence-electron chi connectivity index (χ3n) is 2.61. The highest BCUT2D eigenvalue weighted by Crippen LogP contribution is 2.02. The average Bonchev–Trinajstić information content (AvgIpc) is 2.41. The minimum Gasteiger partial charge on any atom is -0.294 e. The van der Waals surface area contributed by atoms with E-state index in [-0.39, 0.29) is 24.1 Å². The number of benzene rings is 1. The van der Waals surface area contributed by atoms with Crippen molar-refractivity contribution in [1.29, 1.82) is 0 Å². The maximum atomic E-state index is 12.0. The SMILES string of the molecule is NNC(=O)CCn1[nH]c(=O)c2ccccc2c1=O. The van der Waals surface area contributed by atoms with Gasteiger partial charge in [-0.15, -0.1) is 0 Å². The number of nitrogens with two attached hydrogens (primary N) is 1. The van der Waals surface area contributed by atoms with E-state index in [0.29, 0.717) is 10.8 Å². The summed E-state index contributed by atoms with van der Waals surface area (Å²) in [5.41, 5.74) is 1.26. The van der Waals surface area contributed by atoms with Crippen molar-refractivity contribution in [1.82, 2.24) is 15.2 Å². The highest BCUT2D eigenvalue weighted by Gasteiger charge is 2.07. The largest absolute Gasteiger partial charge is 0.294 e. The van der Waals surface area contributed by atoms with Gasteiger partial charge in [0.1, 0.15) is 0 Å². The molecule has 0 saturated carbocycles. The molecule has 0 aliphatic heterocycles. The van der Waals surface area contributed by atoms with Crippen molar-refractivity contribution in [3.8, 4) is 0 Å². The molecule has 4 N–H and O–H groups in total. The molecule has 1 heterocycles. The molecule has 1 aromatic carbocycles. The Morgan fingerprint density at radius 2 is 1.94 bits per heavy atom. The van der Waals surface area contributed by atoms with Crippen LogP contribution < -0.4 is 22.4 Å². The van der Waals surface area contributed by atoms with Crippen LogP contribution in [-0.4, -0.2) is 15.7 Å². The summed E-state index contributed by atoms with van der Waals surface area (Å²) in [7, 11) is 0. The van der Waals surface area contributed by atoms with Gasteiger partial charge in [0.25, 0.3) is 11.1 Å². The van der Waals surface area contributed by atoms with Crippen LogP contribution in [-0.2, 0) is 11.3 Å². The van der Waals surface area contributed by atoms with E-state index in [0.717, 1.165) is 4.68 Å². The number of aromatic amines is 1. The number of nitrogens with one attached hydrogen (secondary N) is 2. The number of fused-ring (bicyclic) bond motifs is 1. The monoisotopic (exact) mass is 248 g/mol. The minimum absolute atomic E-state index is 0.0185. The second-order valence-electron chi connectivity index (χ2n) is 3.76. The molecule has 0 aliphatic carbocycles. The van der Waals surface area contributed by atoms with E-state index in [9.17, 15) is 14.4 Å². The van der Waals surface area contributed by atoms with Gasteiger partial charge in [0.05, 0.1) is 17.3 Å². The number of hydrogen-bond donors (Lipinski definition) is 3. The molecular formula is C11H12N4O3. The number of aromatic nitrogens is 2. The first-order chi connectivity index (χ1) is 8.63. The standard InChI is InChI=1S/C11H12N4O3/c12-13-9(16)5-6-15-11(18)8-4-2-1-3-7(8)10(17)14-15/h1-4H,5-6,12H2,(H,13,16)(H,14,17). The van der Waals surface area contributed by atoms with Gasteiger partial charge in [0.2, 0.25) is 5.91 Å². The zero-order valence-corrected chi connectivity index (χ0v) is 9.47. The lowest BCUT2D eigenvalue weighted by Gasteiger charge is -2.06. The fraction of sp³-hybridized carbons (Fsp3) is 0.182. The van der Waals surface area contributed by atoms with Crippen molar-refractivity contribution >= 4 is 16.7 Å². The zero-order chi connectivity index (χ0) is 13.1. The summed E-state index contributed by atoms with van der Waals surface area (Å²) in [6, 6.07) is 6.52. The van der Waals surface area contributed by atoms with E-state index in [1.807, 2.05) is 5.43 Å². The number of aryl methyl sites for hydroxylation is 1. The summed E-state index contributed by atoms with van der Waals surface area (Å²) < 4.78 is 1.11. The molecule has 1 amide bonds. The van der Waals surface area contributed by atoms with Crippen LogP contribution in [0.2, 0.25) is 0 Å². The van der Waals surface area contributed by atoms with Crippen LogP contribution in [0, 0.1) is 0 Å². The molecule has 0 unspecified atom stereocenters. The van der Waals surface area contributed by atoms with Crippen LogP contribution in [0.25, 0.3) is 10.8 Å². The molecule has 0 aliphatic rings. The van der Waals surface area contributed by atoms with Crippen LogP contribution in [0.15, 0.2) is 33.9 Å². The zero-order valence-electron chi connectivity index (χ0n) is 9.47. The lowest BCUT2D eigenvalue weighted by atomic mass is 10.2. The molecule has 0 saturated heterocycles. The summed E-state index contributed by atoms with van der Waals surface area (Å²) in [5, 5.41) is 3.09. The minimum atomic E-state index is -0.407. The number of amides is 1. The summed E-state index contributed by atoms with van der Waals surface area (Å²) in [6.45, 7) is 0.0714. The first-order valence-electron chi connectivity index (χ1n) is 5.35. The van der Waals surface area contributed by atoms with Gasteiger partial charge in [-0.25, -0.2) is 10.5 Å². The average molecular weight is 248 g/mol. The lowest BCUT2D eigenvalue weighted by molar-refractivity contribution is -0.121. The smallest absolute Gasteiger partial charge is 0.273 e. The molecule has 7 heteroatoms. The van der Waals surface area contributed by atoms with Crippen molar-refractivity contribution in [3.63, 3.8) is 0 Å². The topological polar surface area (TPSA) is 110 Å². The summed E-state index contributed by atoms with van der Waals surface area (Å²) >= 11 is 0. The van der Waals surface area contributed by atoms with Crippen molar-refractivity contribution in [2.75, 3.05) is 0 Å². The van der Waals surface area contributed by atoms with E-state index in [4.69, 9.17) is 5.84 Å². The number of carbonyl (C=O) groups is 1. The van der Waals surface area contributed by atoms with Gasteiger partial charge in [-0.05, 0) is 12.1 Å². The molecule has 0 spiro atoms. The van der Waals surface area contributed by atoms with Gasteiger partial charge in [0, 0.05) is 6.42 Å². The van der Waals surface area contributed by atoms with E-state index in [2.05, 4.69) is 5.10 Å². The Kier molecular flexibility index (Phi) is 3.24. The number of rotatable bonds is 3. The quantitative estimate of drug-likeness (QED) is 0.370. The molecule has 0 atom stereocenters. The van der Waals surface area contributed by atoms with Gasteiger partial charge >= 0.3 is 0 Å². The van der Waals surface area contributed by atoms with Crippen LogP contribution in [0.5, 0.6) is 0 Å². The van der Waals surface area contributed by atoms with E-state index >= 15 is 0 Å². The normalized spacial score (nSPS) is 10.5. The van der Waals surface area contributed by atoms with Gasteiger partial charge in [-0.3, -0.25) is 24.9 Å². The Morgan fingerprint density at radius 3 is 2.61 bits per heavy atom. The Labute approximate surface area is 101 Å². The number of nitrogens with zero attached hydrogens (tertiary/aromatic N) is 1. The molecule has 94 valence electrons. The Bertz CT molecular complexity index is 701. The van der Waals surface area contributed by atoms with Gasteiger partial charge in [-0.1, -0.05) is 12.1 Å². The fourth-order valence-electron chi connectivity index (χ4n) is 1.69. The lowest BCUT2D eigenvalue weighted by Crippen LogP contribution is -2.34. The number of H-pyrrole nitrogens is 1. The van der Waals surface area contributed by atoms with E-state index in [1.54, 1.807) is 24.3 Å². The highest BCUT2D eigenvalue weighted by atomic mass is 16.2. The van der Waals surface area contributed by atoms with E-state index in [1.165, 1.54) is 0 Å². The number of carbonyl (C=O) groups excluding carboxylic acids is 1. The third kappa shape index (κ3) is 2.16. The maximum absolute atomic E-state index is 12.0. The molecule has 7 nitrogen and oxygen atoms in total. The molecular weight excluding hydrogens is 236 g/mol. The molecule has 2 rings (SSSR count). The second kappa shape index (κ2) is 4.84. The molecule has 0 bridgehead atoms. The summed E-state index contributed by atoms with van der Waals surface area (Å²) in [4.78, 5) is 34.7. The van der Waals surface area contributed by atoms with Crippen molar-refractivity contribution in [3.05, 3.63) is 45.0 Å². The van der Waals surface area contributed by atoms with E-state index < -0.39 is 5.91 Å². The van der Waals surface area contributed by atoms with Crippen LogP contribution in [0.1, 0.15) is 6.42 Å². The Balaban J connectivity index is 2.47. The van der Waals surface area contributed by atoms with Crippen molar-refractivity contribution in [2.45, 2.75) is 13.0 Å². The maximum Gasteiger partial charge on any atom is 0.273 e. The summed E-state index contributed by atoms with van der Waals surface area (Å²) in [5.74, 6) is 4.53. The molecule has 1 aromatic heterocycles. The van der Waals surface area contributed by atoms with Crippen LogP contribution in [0.3, 0.4) is 0 Å². The second-order valence-corrected chi connectivity index (χ2v) is 3.76. The molecule has 2 aromatic rings. The molecule has 18 heavy (non-hydrogen) atoms. The first-order valence-corrected chi connectivity index (χ1v) is 5.35. The highest BCUT2D eigenvalue weighted by molar-refractivity contribution is 5.80. The Morgan fingerprint density at radius 1 is 1.28 bits per heavy atom. The van der Waals surface area contributed by atoms with Crippen LogP contribution >= 0.6 is 0 Å². The third-order valence-corrected chi connectivity index (χ3v) is 2.61. The molecule has 0 radical (unpaired) electrons. The predicted octanol–water partition coefficient (Wildman–Crippen LogP) is -0.930. The first kappa shape index (κ1) is 12.1. The molecule has 0 fully saturated rings.